The first-order valence-corrected chi connectivity index (χ1v) is 9.02. The number of rotatable bonds is 8. The van der Waals surface area contributed by atoms with Crippen LogP contribution < -0.4 is 20.1 Å². The van der Waals surface area contributed by atoms with E-state index in [0.717, 1.165) is 41.8 Å². The third-order valence-electron chi connectivity index (χ3n) is 3.86. The lowest BCUT2D eigenvalue weighted by Gasteiger charge is -2.13. The molecule has 6 heteroatoms. The van der Waals surface area contributed by atoms with Gasteiger partial charge < -0.3 is 20.1 Å². The van der Waals surface area contributed by atoms with Gasteiger partial charge in [-0.05, 0) is 37.1 Å². The molecule has 2 aromatic rings. The van der Waals surface area contributed by atoms with Crippen molar-refractivity contribution in [1.82, 2.24) is 10.6 Å². The fraction of sp³-hybridized carbons (Fsp3) is 0.350. The van der Waals surface area contributed by atoms with Crippen LogP contribution in [0.15, 0.2) is 47.5 Å². The first kappa shape index (κ1) is 19.9. The van der Waals surface area contributed by atoms with Gasteiger partial charge in [-0.25, -0.2) is 4.99 Å². The summed E-state index contributed by atoms with van der Waals surface area (Å²) in [7, 11) is 3.27. The molecule has 0 bridgehead atoms. The predicted molar refractivity (Wildman–Crippen MR) is 108 cm³/mol. The number of hydrogen-bond donors (Lipinski definition) is 2. The summed E-state index contributed by atoms with van der Waals surface area (Å²) in [5, 5.41) is 7.37. The van der Waals surface area contributed by atoms with Gasteiger partial charge >= 0.3 is 0 Å². The molecule has 0 fully saturated rings. The number of benzene rings is 2. The lowest BCUT2D eigenvalue weighted by atomic mass is 10.1. The Kier molecular flexibility index (Phi) is 8.09. The molecule has 26 heavy (non-hydrogen) atoms. The second-order valence-corrected chi connectivity index (χ2v) is 6.09. The fourth-order valence-electron chi connectivity index (χ4n) is 2.56. The second kappa shape index (κ2) is 10.6. The Morgan fingerprint density at radius 1 is 1.04 bits per heavy atom. The van der Waals surface area contributed by atoms with Crippen molar-refractivity contribution in [3.63, 3.8) is 0 Å². The van der Waals surface area contributed by atoms with Crippen molar-refractivity contribution in [3.8, 4) is 11.5 Å². The molecule has 2 N–H and O–H groups in total. The number of halogens is 1. The number of ether oxygens (including phenoxy) is 2. The van der Waals surface area contributed by atoms with Crippen LogP contribution in [0.25, 0.3) is 0 Å². The highest BCUT2D eigenvalue weighted by atomic mass is 35.5. The Bertz CT molecular complexity index is 717. The van der Waals surface area contributed by atoms with Gasteiger partial charge in [0.25, 0.3) is 0 Å². The summed E-state index contributed by atoms with van der Waals surface area (Å²) in [6.45, 7) is 4.11. The number of methoxy groups -OCH3 is 2. The molecule has 140 valence electrons. The zero-order chi connectivity index (χ0) is 18.8. The van der Waals surface area contributed by atoms with Gasteiger partial charge in [0.2, 0.25) is 0 Å². The predicted octanol–water partition coefficient (Wildman–Crippen LogP) is 3.66. The smallest absolute Gasteiger partial charge is 0.191 e. The summed E-state index contributed by atoms with van der Waals surface area (Å²) in [5.74, 6) is 2.20. The van der Waals surface area contributed by atoms with Crippen molar-refractivity contribution >= 4 is 17.6 Å². The molecule has 5 nitrogen and oxygen atoms in total. The van der Waals surface area contributed by atoms with Gasteiger partial charge in [-0.3, -0.25) is 0 Å². The summed E-state index contributed by atoms with van der Waals surface area (Å²) >= 11 is 5.92. The zero-order valence-electron chi connectivity index (χ0n) is 15.5. The number of aliphatic imine (C=N–C) groups is 1. The van der Waals surface area contributed by atoms with Gasteiger partial charge in [0, 0.05) is 23.7 Å². The van der Waals surface area contributed by atoms with E-state index >= 15 is 0 Å². The maximum absolute atomic E-state index is 5.92. The van der Waals surface area contributed by atoms with Gasteiger partial charge in [0.15, 0.2) is 17.5 Å². The van der Waals surface area contributed by atoms with Crippen molar-refractivity contribution in [2.45, 2.75) is 19.9 Å². The Balaban J connectivity index is 1.99. The van der Waals surface area contributed by atoms with Crippen molar-refractivity contribution < 1.29 is 9.47 Å². The van der Waals surface area contributed by atoms with E-state index in [9.17, 15) is 0 Å². The van der Waals surface area contributed by atoms with Gasteiger partial charge in [-0.15, -0.1) is 0 Å². The van der Waals surface area contributed by atoms with E-state index < -0.39 is 0 Å². The van der Waals surface area contributed by atoms with E-state index in [2.05, 4.69) is 15.6 Å². The average molecular weight is 376 g/mol. The average Bonchev–Trinajstić information content (AvgIpc) is 2.67. The fourth-order valence-corrected chi connectivity index (χ4v) is 2.69. The van der Waals surface area contributed by atoms with E-state index in [4.69, 9.17) is 21.1 Å². The Morgan fingerprint density at radius 3 is 2.46 bits per heavy atom. The van der Waals surface area contributed by atoms with Crippen LogP contribution in [0, 0.1) is 0 Å². The zero-order valence-corrected chi connectivity index (χ0v) is 16.3. The van der Waals surface area contributed by atoms with Crippen LogP contribution >= 0.6 is 11.6 Å². The molecule has 0 spiro atoms. The van der Waals surface area contributed by atoms with Gasteiger partial charge in [-0.2, -0.15) is 0 Å². The van der Waals surface area contributed by atoms with E-state index in [-0.39, 0.29) is 0 Å². The Morgan fingerprint density at radius 2 is 1.81 bits per heavy atom. The first-order valence-electron chi connectivity index (χ1n) is 8.64. The molecule has 0 atom stereocenters. The summed E-state index contributed by atoms with van der Waals surface area (Å²) in [4.78, 5) is 4.65. The standard InChI is InChI=1S/C20H26ClN3O2/c1-4-22-20(23-13-12-15-8-10-17(21)11-9-15)24-14-16-6-5-7-18(25-2)19(16)26-3/h5-11H,4,12-14H2,1-3H3,(H2,22,23,24). The quantitative estimate of drug-likeness (QED) is 0.546. The minimum absolute atomic E-state index is 0.497. The molecule has 2 aromatic carbocycles. The SMILES string of the molecule is CCNC(=NCc1cccc(OC)c1OC)NCCc1ccc(Cl)cc1. The van der Waals surface area contributed by atoms with E-state index in [0.29, 0.717) is 12.3 Å². The van der Waals surface area contributed by atoms with Crippen molar-refractivity contribution in [2.24, 2.45) is 4.99 Å². The van der Waals surface area contributed by atoms with Crippen LogP contribution in [-0.2, 0) is 13.0 Å². The third-order valence-corrected chi connectivity index (χ3v) is 4.11. The number of guanidine groups is 1. The van der Waals surface area contributed by atoms with Crippen LogP contribution in [-0.4, -0.2) is 33.3 Å². The molecule has 0 saturated carbocycles. The first-order chi connectivity index (χ1) is 12.7. The van der Waals surface area contributed by atoms with Crippen LogP contribution in [0.5, 0.6) is 11.5 Å². The molecule has 0 aliphatic carbocycles. The van der Waals surface area contributed by atoms with Gasteiger partial charge in [0.1, 0.15) is 0 Å². The number of nitrogens with zero attached hydrogens (tertiary/aromatic N) is 1. The third kappa shape index (κ3) is 5.85. The summed E-state index contributed by atoms with van der Waals surface area (Å²) in [6, 6.07) is 13.7. The van der Waals surface area contributed by atoms with Crippen molar-refractivity contribution in [1.29, 1.82) is 0 Å². The Labute approximate surface area is 160 Å². The van der Waals surface area contributed by atoms with Crippen LogP contribution in [0.3, 0.4) is 0 Å². The van der Waals surface area contributed by atoms with Crippen molar-refractivity contribution in [2.75, 3.05) is 27.3 Å². The van der Waals surface area contributed by atoms with Crippen LogP contribution in [0.2, 0.25) is 5.02 Å². The minimum atomic E-state index is 0.497. The highest BCUT2D eigenvalue weighted by Gasteiger charge is 2.09. The summed E-state index contributed by atoms with van der Waals surface area (Å²) in [5.41, 5.74) is 2.20. The largest absolute Gasteiger partial charge is 0.493 e. The number of para-hydroxylation sites is 1. The topological polar surface area (TPSA) is 54.9 Å². The lowest BCUT2D eigenvalue weighted by molar-refractivity contribution is 0.352. The maximum Gasteiger partial charge on any atom is 0.191 e. The highest BCUT2D eigenvalue weighted by molar-refractivity contribution is 6.30. The molecule has 0 heterocycles. The molecule has 0 radical (unpaired) electrons. The van der Waals surface area contributed by atoms with Crippen molar-refractivity contribution in [3.05, 3.63) is 58.6 Å². The summed E-state index contributed by atoms with van der Waals surface area (Å²) in [6.07, 6.45) is 0.893. The van der Waals surface area contributed by atoms with Gasteiger partial charge in [0.05, 0.1) is 20.8 Å². The van der Waals surface area contributed by atoms with Crippen LogP contribution in [0.1, 0.15) is 18.1 Å². The minimum Gasteiger partial charge on any atom is -0.493 e. The molecule has 0 unspecified atom stereocenters. The second-order valence-electron chi connectivity index (χ2n) is 5.65. The summed E-state index contributed by atoms with van der Waals surface area (Å²) < 4.78 is 10.8. The highest BCUT2D eigenvalue weighted by Crippen LogP contribution is 2.30. The molecule has 0 saturated heterocycles. The van der Waals surface area contributed by atoms with E-state index in [1.165, 1.54) is 5.56 Å². The monoisotopic (exact) mass is 375 g/mol. The molecule has 0 aliphatic heterocycles. The number of hydrogen-bond acceptors (Lipinski definition) is 3. The molecule has 0 amide bonds. The maximum atomic E-state index is 5.92. The molecule has 0 aromatic heterocycles. The molecular formula is C20H26ClN3O2. The van der Waals surface area contributed by atoms with E-state index in [1.807, 2.05) is 49.4 Å². The normalized spacial score (nSPS) is 11.2. The molecule has 2 rings (SSSR count). The molecule has 0 aliphatic rings. The number of nitrogens with one attached hydrogen (secondary N) is 2. The van der Waals surface area contributed by atoms with Crippen LogP contribution in [0.4, 0.5) is 0 Å². The Hall–Kier alpha value is -2.40. The lowest BCUT2D eigenvalue weighted by Crippen LogP contribution is -2.38. The van der Waals surface area contributed by atoms with Gasteiger partial charge in [-0.1, -0.05) is 35.9 Å². The molecular weight excluding hydrogens is 350 g/mol. The van der Waals surface area contributed by atoms with E-state index in [1.54, 1.807) is 14.2 Å².